The Morgan fingerprint density at radius 1 is 1.36 bits per heavy atom. The van der Waals surface area contributed by atoms with Gasteiger partial charge in [-0.1, -0.05) is 29.3 Å². The van der Waals surface area contributed by atoms with E-state index in [1.807, 2.05) is 0 Å². The average molecular weight is 346 g/mol. The van der Waals surface area contributed by atoms with E-state index in [-0.39, 0.29) is 23.2 Å². The van der Waals surface area contributed by atoms with E-state index in [1.165, 1.54) is 0 Å². The summed E-state index contributed by atoms with van der Waals surface area (Å²) in [6, 6.07) is 3.46. The minimum Gasteiger partial charge on any atom is -0.464 e. The van der Waals surface area contributed by atoms with E-state index in [9.17, 15) is 9.18 Å². The van der Waals surface area contributed by atoms with Crippen LogP contribution in [-0.2, 0) is 16.1 Å². The number of ether oxygens (including phenoxy) is 2. The Morgan fingerprint density at radius 2 is 2.14 bits per heavy atom. The van der Waals surface area contributed by atoms with Crippen LogP contribution in [-0.4, -0.2) is 22.5 Å². The van der Waals surface area contributed by atoms with Crippen molar-refractivity contribution in [3.05, 3.63) is 46.1 Å². The Balaban J connectivity index is 1.92. The van der Waals surface area contributed by atoms with Crippen LogP contribution in [0.15, 0.2) is 24.5 Å². The predicted molar refractivity (Wildman–Crippen MR) is 78.2 cm³/mol. The molecular formula is C13H10Cl2FN3O3. The minimum atomic E-state index is -1.04. The molecule has 2 heterocycles. The Kier molecular flexibility index (Phi) is 5.35. The van der Waals surface area contributed by atoms with Crippen LogP contribution < -0.4 is 10.5 Å². The zero-order chi connectivity index (χ0) is 16.1. The van der Waals surface area contributed by atoms with Crippen molar-refractivity contribution in [1.29, 1.82) is 0 Å². The van der Waals surface area contributed by atoms with Gasteiger partial charge < -0.3 is 15.2 Å². The van der Waals surface area contributed by atoms with E-state index >= 15 is 0 Å². The Labute approximate surface area is 135 Å². The molecule has 22 heavy (non-hydrogen) atoms. The van der Waals surface area contributed by atoms with E-state index in [2.05, 4.69) is 9.97 Å². The second kappa shape index (κ2) is 7.24. The summed E-state index contributed by atoms with van der Waals surface area (Å²) in [7, 11) is 0. The van der Waals surface area contributed by atoms with Gasteiger partial charge in [0.25, 0.3) is 0 Å². The standard InChI is InChI=1S/C13H10Cl2FN3O3/c14-9-11(17)10(15)13(19-12(9)16)22-6-8(20)21-5-7-2-1-3-18-4-7/h1-4H,5-6H2,(H2,17,19). The third-order valence-electron chi connectivity index (χ3n) is 2.49. The Morgan fingerprint density at radius 3 is 2.82 bits per heavy atom. The lowest BCUT2D eigenvalue weighted by Crippen LogP contribution is -2.16. The fourth-order valence-electron chi connectivity index (χ4n) is 1.42. The summed E-state index contributed by atoms with van der Waals surface area (Å²) >= 11 is 11.3. The van der Waals surface area contributed by atoms with Crippen LogP contribution in [0.5, 0.6) is 5.88 Å². The van der Waals surface area contributed by atoms with Crippen LogP contribution in [0.4, 0.5) is 10.1 Å². The van der Waals surface area contributed by atoms with Crippen LogP contribution in [0.2, 0.25) is 10.0 Å². The van der Waals surface area contributed by atoms with Crippen molar-refractivity contribution in [3.8, 4) is 5.88 Å². The van der Waals surface area contributed by atoms with Gasteiger partial charge in [-0.3, -0.25) is 4.98 Å². The number of pyridine rings is 2. The summed E-state index contributed by atoms with van der Waals surface area (Å²) in [6.45, 7) is -0.470. The number of esters is 1. The van der Waals surface area contributed by atoms with E-state index < -0.39 is 23.5 Å². The lowest BCUT2D eigenvalue weighted by atomic mass is 10.3. The molecule has 9 heteroatoms. The number of nitrogens with two attached hydrogens (primary N) is 1. The fourth-order valence-corrected chi connectivity index (χ4v) is 1.80. The molecule has 116 valence electrons. The van der Waals surface area contributed by atoms with Gasteiger partial charge in [-0.25, -0.2) is 4.79 Å². The molecular weight excluding hydrogens is 336 g/mol. The molecule has 2 aromatic heterocycles. The first-order valence-electron chi connectivity index (χ1n) is 5.96. The van der Waals surface area contributed by atoms with Crippen molar-refractivity contribution in [2.45, 2.75) is 6.61 Å². The normalized spacial score (nSPS) is 10.3. The van der Waals surface area contributed by atoms with Gasteiger partial charge in [-0.15, -0.1) is 0 Å². The molecule has 0 aliphatic rings. The minimum absolute atomic E-state index is 0.0360. The molecule has 0 saturated carbocycles. The van der Waals surface area contributed by atoms with Crippen molar-refractivity contribution in [2.24, 2.45) is 0 Å². The van der Waals surface area contributed by atoms with Crippen LogP contribution >= 0.6 is 23.2 Å². The zero-order valence-corrected chi connectivity index (χ0v) is 12.6. The molecule has 0 aliphatic carbocycles. The van der Waals surface area contributed by atoms with Crippen LogP contribution in [0.3, 0.4) is 0 Å². The molecule has 0 radical (unpaired) electrons. The third-order valence-corrected chi connectivity index (χ3v) is 3.22. The van der Waals surface area contributed by atoms with Gasteiger partial charge in [0.1, 0.15) is 16.7 Å². The van der Waals surface area contributed by atoms with Gasteiger partial charge in [-0.2, -0.15) is 9.37 Å². The molecule has 2 aromatic rings. The van der Waals surface area contributed by atoms with E-state index in [4.69, 9.17) is 38.4 Å². The molecule has 6 nitrogen and oxygen atoms in total. The lowest BCUT2D eigenvalue weighted by Gasteiger charge is -2.10. The van der Waals surface area contributed by atoms with Gasteiger partial charge in [-0.05, 0) is 6.07 Å². The topological polar surface area (TPSA) is 87.3 Å². The number of hydrogen-bond acceptors (Lipinski definition) is 6. The highest BCUT2D eigenvalue weighted by Gasteiger charge is 2.17. The molecule has 0 fully saturated rings. The van der Waals surface area contributed by atoms with E-state index in [1.54, 1.807) is 24.5 Å². The van der Waals surface area contributed by atoms with E-state index in [0.29, 0.717) is 5.56 Å². The molecule has 0 aromatic carbocycles. The highest BCUT2D eigenvalue weighted by atomic mass is 35.5. The average Bonchev–Trinajstić information content (AvgIpc) is 2.54. The highest BCUT2D eigenvalue weighted by molar-refractivity contribution is 6.39. The first-order valence-corrected chi connectivity index (χ1v) is 6.72. The second-order valence-electron chi connectivity index (χ2n) is 4.06. The molecule has 0 atom stereocenters. The van der Waals surface area contributed by atoms with Crippen LogP contribution in [0, 0.1) is 5.95 Å². The second-order valence-corrected chi connectivity index (χ2v) is 4.82. The van der Waals surface area contributed by atoms with Crippen molar-refractivity contribution < 1.29 is 18.7 Å². The fraction of sp³-hybridized carbons (Fsp3) is 0.154. The number of hydrogen-bond donors (Lipinski definition) is 1. The summed E-state index contributed by atoms with van der Waals surface area (Å²) < 4.78 is 23.3. The number of nitrogens with zero attached hydrogens (tertiary/aromatic N) is 2. The number of anilines is 1. The maximum absolute atomic E-state index is 13.3. The zero-order valence-electron chi connectivity index (χ0n) is 11.1. The van der Waals surface area contributed by atoms with Gasteiger partial charge >= 0.3 is 5.97 Å². The quantitative estimate of drug-likeness (QED) is 0.662. The van der Waals surface area contributed by atoms with Crippen molar-refractivity contribution in [1.82, 2.24) is 9.97 Å². The molecule has 2 rings (SSSR count). The lowest BCUT2D eigenvalue weighted by molar-refractivity contribution is -0.147. The number of nitrogen functional groups attached to an aromatic ring is 1. The summed E-state index contributed by atoms with van der Waals surface area (Å²) in [5.74, 6) is -2.06. The molecule has 0 bridgehead atoms. The predicted octanol–water partition coefficient (Wildman–Crippen LogP) is 2.63. The summed E-state index contributed by atoms with van der Waals surface area (Å²) in [6.07, 6.45) is 3.16. The SMILES string of the molecule is Nc1c(Cl)c(F)nc(OCC(=O)OCc2cccnc2)c1Cl. The first-order chi connectivity index (χ1) is 10.5. The van der Waals surface area contributed by atoms with Gasteiger partial charge in [0.15, 0.2) is 6.61 Å². The molecule has 2 N–H and O–H groups in total. The van der Waals surface area contributed by atoms with Gasteiger partial charge in [0, 0.05) is 18.0 Å². The number of aromatic nitrogens is 2. The molecule has 0 saturated heterocycles. The Hall–Kier alpha value is -2.12. The van der Waals surface area contributed by atoms with Gasteiger partial charge in [0.2, 0.25) is 11.8 Å². The monoisotopic (exact) mass is 345 g/mol. The Bertz CT molecular complexity index is 686. The van der Waals surface area contributed by atoms with Crippen molar-refractivity contribution in [2.75, 3.05) is 12.3 Å². The number of carbonyl (C=O) groups excluding carboxylic acids is 1. The summed E-state index contributed by atoms with van der Waals surface area (Å²) in [5, 5.41) is -0.581. The van der Waals surface area contributed by atoms with E-state index in [0.717, 1.165) is 0 Å². The summed E-state index contributed by atoms with van der Waals surface area (Å²) in [4.78, 5) is 18.8. The molecule has 0 amide bonds. The summed E-state index contributed by atoms with van der Waals surface area (Å²) in [5.41, 5.74) is 5.98. The first kappa shape index (κ1) is 16.3. The largest absolute Gasteiger partial charge is 0.464 e. The van der Waals surface area contributed by atoms with Crippen LogP contribution in [0.1, 0.15) is 5.56 Å². The third kappa shape index (κ3) is 3.96. The van der Waals surface area contributed by atoms with Gasteiger partial charge in [0.05, 0.1) is 5.69 Å². The number of carbonyl (C=O) groups is 1. The number of halogens is 3. The molecule has 0 aliphatic heterocycles. The molecule has 0 unspecified atom stereocenters. The van der Waals surface area contributed by atoms with Crippen molar-refractivity contribution in [3.63, 3.8) is 0 Å². The molecule has 0 spiro atoms. The highest BCUT2D eigenvalue weighted by Crippen LogP contribution is 2.35. The number of rotatable bonds is 5. The smallest absolute Gasteiger partial charge is 0.344 e. The van der Waals surface area contributed by atoms with Crippen molar-refractivity contribution >= 4 is 34.9 Å². The van der Waals surface area contributed by atoms with Crippen LogP contribution in [0.25, 0.3) is 0 Å². The maximum atomic E-state index is 13.3. The maximum Gasteiger partial charge on any atom is 0.344 e.